The van der Waals surface area contributed by atoms with Crippen LogP contribution in [0.4, 0.5) is 0 Å². The fourth-order valence-corrected chi connectivity index (χ4v) is 1.73. The molecular weight excluding hydrogens is 228 g/mol. The number of hydrogen-bond donors (Lipinski definition) is 1. The highest BCUT2D eigenvalue weighted by atomic mass is 16.4. The molecule has 0 saturated carbocycles. The number of hydrogen-bond acceptors (Lipinski definition) is 2. The highest BCUT2D eigenvalue weighted by molar-refractivity contribution is 5.88. The minimum atomic E-state index is -0.969. The maximum absolute atomic E-state index is 10.9. The smallest absolute Gasteiger partial charge is 0.354 e. The minimum Gasteiger partial charge on any atom is -0.477 e. The standard InChI is InChI=1S/C14H14N2O2/c1-10(8-11-6-4-3-5-7-11)12-9-13(14(17)18)16(2)15-12/h3-9H,1-2H3,(H,17,18)/b10-8+. The molecule has 0 radical (unpaired) electrons. The molecular formula is C14H14N2O2. The van der Waals surface area contributed by atoms with Crippen LogP contribution in [0.1, 0.15) is 28.7 Å². The van der Waals surface area contributed by atoms with Gasteiger partial charge in [0.1, 0.15) is 5.69 Å². The first kappa shape index (κ1) is 12.1. The normalized spacial score (nSPS) is 11.6. The molecule has 2 aromatic rings. The van der Waals surface area contributed by atoms with E-state index in [0.29, 0.717) is 5.69 Å². The second-order valence-electron chi connectivity index (χ2n) is 4.08. The summed E-state index contributed by atoms with van der Waals surface area (Å²) in [6.07, 6.45) is 1.98. The van der Waals surface area contributed by atoms with E-state index in [0.717, 1.165) is 11.1 Å². The zero-order chi connectivity index (χ0) is 13.1. The third-order valence-electron chi connectivity index (χ3n) is 2.69. The average Bonchev–Trinajstić information content (AvgIpc) is 2.73. The number of rotatable bonds is 3. The van der Waals surface area contributed by atoms with Crippen LogP contribution in [0.2, 0.25) is 0 Å². The van der Waals surface area contributed by atoms with Crippen molar-refractivity contribution >= 4 is 17.6 Å². The Balaban J connectivity index is 2.35. The number of aryl methyl sites for hydroxylation is 1. The van der Waals surface area contributed by atoms with E-state index in [1.54, 1.807) is 13.1 Å². The molecule has 0 atom stereocenters. The maximum Gasteiger partial charge on any atom is 0.354 e. The zero-order valence-corrected chi connectivity index (χ0v) is 10.3. The van der Waals surface area contributed by atoms with E-state index in [-0.39, 0.29) is 5.69 Å². The second-order valence-corrected chi connectivity index (χ2v) is 4.08. The van der Waals surface area contributed by atoms with Crippen molar-refractivity contribution in [3.8, 4) is 0 Å². The first-order chi connectivity index (χ1) is 8.58. The van der Waals surface area contributed by atoms with E-state index in [9.17, 15) is 4.79 Å². The van der Waals surface area contributed by atoms with Crippen LogP contribution < -0.4 is 0 Å². The summed E-state index contributed by atoms with van der Waals surface area (Å²) in [6.45, 7) is 1.92. The lowest BCUT2D eigenvalue weighted by atomic mass is 10.1. The molecule has 1 aromatic heterocycles. The largest absolute Gasteiger partial charge is 0.477 e. The molecule has 2 rings (SSSR count). The number of carboxylic acid groups (broad SMARTS) is 1. The van der Waals surface area contributed by atoms with Gasteiger partial charge in [0, 0.05) is 7.05 Å². The summed E-state index contributed by atoms with van der Waals surface area (Å²) in [5, 5.41) is 13.2. The summed E-state index contributed by atoms with van der Waals surface area (Å²) in [5.74, 6) is -0.969. The Hall–Kier alpha value is -2.36. The summed E-state index contributed by atoms with van der Waals surface area (Å²) in [4.78, 5) is 10.9. The van der Waals surface area contributed by atoms with Crippen LogP contribution >= 0.6 is 0 Å². The molecule has 0 saturated heterocycles. The van der Waals surface area contributed by atoms with Crippen molar-refractivity contribution in [1.29, 1.82) is 0 Å². The van der Waals surface area contributed by atoms with Crippen LogP contribution in [-0.4, -0.2) is 20.9 Å². The van der Waals surface area contributed by atoms with Crippen molar-refractivity contribution in [2.75, 3.05) is 0 Å². The highest BCUT2D eigenvalue weighted by Gasteiger charge is 2.12. The molecule has 0 bridgehead atoms. The van der Waals surface area contributed by atoms with Crippen molar-refractivity contribution in [3.05, 3.63) is 53.3 Å². The van der Waals surface area contributed by atoms with Crippen molar-refractivity contribution in [2.24, 2.45) is 7.05 Å². The number of allylic oxidation sites excluding steroid dienone is 1. The van der Waals surface area contributed by atoms with Crippen LogP contribution in [0.25, 0.3) is 11.6 Å². The molecule has 4 heteroatoms. The predicted octanol–water partition coefficient (Wildman–Crippen LogP) is 2.68. The number of aromatic carboxylic acids is 1. The fraction of sp³-hybridized carbons (Fsp3) is 0.143. The van der Waals surface area contributed by atoms with Gasteiger partial charge in [-0.3, -0.25) is 4.68 Å². The summed E-state index contributed by atoms with van der Waals surface area (Å²) >= 11 is 0. The number of carboxylic acids is 1. The average molecular weight is 242 g/mol. The number of benzene rings is 1. The van der Waals surface area contributed by atoms with Crippen molar-refractivity contribution in [1.82, 2.24) is 9.78 Å². The molecule has 92 valence electrons. The topological polar surface area (TPSA) is 55.1 Å². The third kappa shape index (κ3) is 2.48. The van der Waals surface area contributed by atoms with Gasteiger partial charge in [-0.1, -0.05) is 30.3 Å². The molecule has 0 aliphatic rings. The van der Waals surface area contributed by atoms with Crippen LogP contribution in [0.5, 0.6) is 0 Å². The lowest BCUT2D eigenvalue weighted by Gasteiger charge is -1.96. The Kier molecular flexibility index (Phi) is 3.28. The quantitative estimate of drug-likeness (QED) is 0.900. The van der Waals surface area contributed by atoms with E-state index >= 15 is 0 Å². The van der Waals surface area contributed by atoms with Gasteiger partial charge in [-0.05, 0) is 30.2 Å². The van der Waals surface area contributed by atoms with Gasteiger partial charge in [0.2, 0.25) is 0 Å². The molecule has 0 aliphatic heterocycles. The third-order valence-corrected chi connectivity index (χ3v) is 2.69. The van der Waals surface area contributed by atoms with Gasteiger partial charge in [0.05, 0.1) is 5.69 Å². The summed E-state index contributed by atoms with van der Waals surface area (Å²) < 4.78 is 1.38. The molecule has 0 unspecified atom stereocenters. The number of aromatic nitrogens is 2. The molecule has 1 heterocycles. The van der Waals surface area contributed by atoms with Crippen molar-refractivity contribution in [2.45, 2.75) is 6.92 Å². The molecule has 1 N–H and O–H groups in total. The Bertz CT molecular complexity index is 598. The van der Waals surface area contributed by atoms with Gasteiger partial charge in [-0.15, -0.1) is 0 Å². The maximum atomic E-state index is 10.9. The molecule has 0 amide bonds. The lowest BCUT2D eigenvalue weighted by molar-refractivity contribution is 0.0685. The van der Waals surface area contributed by atoms with Gasteiger partial charge in [0.15, 0.2) is 0 Å². The lowest BCUT2D eigenvalue weighted by Crippen LogP contribution is -2.04. The van der Waals surface area contributed by atoms with Gasteiger partial charge >= 0.3 is 5.97 Å². The fourth-order valence-electron chi connectivity index (χ4n) is 1.73. The van der Waals surface area contributed by atoms with E-state index in [4.69, 9.17) is 5.11 Å². The molecule has 18 heavy (non-hydrogen) atoms. The van der Waals surface area contributed by atoms with Gasteiger partial charge in [0.25, 0.3) is 0 Å². The number of carbonyl (C=O) groups is 1. The molecule has 4 nitrogen and oxygen atoms in total. The monoisotopic (exact) mass is 242 g/mol. The molecule has 0 aliphatic carbocycles. The Labute approximate surface area is 105 Å². The zero-order valence-electron chi connectivity index (χ0n) is 10.3. The molecule has 0 fully saturated rings. The minimum absolute atomic E-state index is 0.186. The highest BCUT2D eigenvalue weighted by Crippen LogP contribution is 2.17. The number of nitrogens with zero attached hydrogens (tertiary/aromatic N) is 2. The first-order valence-electron chi connectivity index (χ1n) is 5.59. The Morgan fingerprint density at radius 3 is 2.56 bits per heavy atom. The van der Waals surface area contributed by atoms with Crippen LogP contribution in [-0.2, 0) is 7.05 Å². The van der Waals surface area contributed by atoms with Crippen LogP contribution in [0.3, 0.4) is 0 Å². The van der Waals surface area contributed by atoms with Crippen LogP contribution in [0.15, 0.2) is 36.4 Å². The van der Waals surface area contributed by atoms with Gasteiger partial charge in [-0.25, -0.2) is 4.79 Å². The van der Waals surface area contributed by atoms with Crippen molar-refractivity contribution in [3.63, 3.8) is 0 Å². The van der Waals surface area contributed by atoms with E-state index in [1.807, 2.05) is 43.3 Å². The van der Waals surface area contributed by atoms with Crippen molar-refractivity contribution < 1.29 is 9.90 Å². The Morgan fingerprint density at radius 2 is 2.00 bits per heavy atom. The van der Waals surface area contributed by atoms with Gasteiger partial charge in [-0.2, -0.15) is 5.10 Å². The summed E-state index contributed by atoms with van der Waals surface area (Å²) in [5.41, 5.74) is 2.87. The Morgan fingerprint density at radius 1 is 1.33 bits per heavy atom. The second kappa shape index (κ2) is 4.87. The first-order valence-corrected chi connectivity index (χ1v) is 5.59. The predicted molar refractivity (Wildman–Crippen MR) is 70.2 cm³/mol. The van der Waals surface area contributed by atoms with Gasteiger partial charge < -0.3 is 5.11 Å². The SMILES string of the molecule is C/C(=C\c1ccccc1)c1cc(C(=O)O)n(C)n1. The molecule has 0 spiro atoms. The van der Waals surface area contributed by atoms with E-state index in [2.05, 4.69) is 5.10 Å². The summed E-state index contributed by atoms with van der Waals surface area (Å²) in [6, 6.07) is 11.4. The van der Waals surface area contributed by atoms with E-state index < -0.39 is 5.97 Å². The van der Waals surface area contributed by atoms with E-state index in [1.165, 1.54) is 4.68 Å². The summed E-state index contributed by atoms with van der Waals surface area (Å²) in [7, 11) is 1.63. The van der Waals surface area contributed by atoms with Crippen LogP contribution in [0, 0.1) is 0 Å². The molecule has 1 aromatic carbocycles.